The number of hydrogen-bond donors (Lipinski definition) is 0. The molecule has 1 aliphatic carbocycles. The van der Waals surface area contributed by atoms with Crippen LogP contribution in [0.3, 0.4) is 0 Å². The number of hydrogen-bond acceptors (Lipinski definition) is 3. The maximum atomic E-state index is 12.5. The number of benzene rings is 2. The minimum Gasteiger partial charge on any atom is -0.496 e. The largest absolute Gasteiger partial charge is 0.496 e. The molecule has 0 aliphatic heterocycles. The first-order chi connectivity index (χ1) is 10.6. The Bertz CT molecular complexity index is 743. The third-order valence-electron chi connectivity index (χ3n) is 4.01. The van der Waals surface area contributed by atoms with Crippen LogP contribution in [0.4, 0.5) is 5.69 Å². The van der Waals surface area contributed by atoms with Crippen molar-refractivity contribution in [2.24, 2.45) is 0 Å². The number of Topliss-reactive ketones (excluding diaryl/α,β-unsaturated/α-hetero) is 1. The minimum absolute atomic E-state index is 0.102. The summed E-state index contributed by atoms with van der Waals surface area (Å²) >= 11 is 0. The van der Waals surface area contributed by atoms with Gasteiger partial charge >= 0.3 is 0 Å². The third-order valence-corrected chi connectivity index (χ3v) is 4.01. The molecule has 0 spiro atoms. The van der Waals surface area contributed by atoms with Gasteiger partial charge in [0.15, 0.2) is 5.78 Å². The molecule has 3 heteroatoms. The highest BCUT2D eigenvalue weighted by atomic mass is 16.5. The molecule has 0 N–H and O–H groups in total. The number of methoxy groups -OCH3 is 1. The highest BCUT2D eigenvalue weighted by Crippen LogP contribution is 2.34. The van der Waals surface area contributed by atoms with Crippen molar-refractivity contribution in [1.82, 2.24) is 0 Å². The maximum absolute atomic E-state index is 12.5. The molecule has 0 saturated heterocycles. The molecule has 22 heavy (non-hydrogen) atoms. The summed E-state index contributed by atoms with van der Waals surface area (Å²) in [6, 6.07) is 13.8. The highest BCUT2D eigenvalue weighted by molar-refractivity contribution is 6.16. The second-order valence-corrected chi connectivity index (χ2v) is 5.65. The molecular weight excluding hydrogens is 274 g/mol. The van der Waals surface area contributed by atoms with Gasteiger partial charge in [-0.2, -0.15) is 0 Å². The number of allylic oxidation sites excluding steroid dienone is 1. The topological polar surface area (TPSA) is 29.5 Å². The molecule has 1 aliphatic rings. The second kappa shape index (κ2) is 5.68. The van der Waals surface area contributed by atoms with E-state index in [0.29, 0.717) is 6.42 Å². The maximum Gasteiger partial charge on any atom is 0.189 e. The lowest BCUT2D eigenvalue weighted by molar-refractivity contribution is 0.104. The average molecular weight is 293 g/mol. The van der Waals surface area contributed by atoms with E-state index in [9.17, 15) is 4.79 Å². The van der Waals surface area contributed by atoms with Crippen LogP contribution in [0, 0.1) is 0 Å². The summed E-state index contributed by atoms with van der Waals surface area (Å²) in [5, 5.41) is 0. The molecule has 3 nitrogen and oxygen atoms in total. The summed E-state index contributed by atoms with van der Waals surface area (Å²) in [6.45, 7) is 0. The molecule has 2 aromatic rings. The van der Waals surface area contributed by atoms with Gasteiger partial charge in [-0.3, -0.25) is 4.79 Å². The first kappa shape index (κ1) is 14.4. The van der Waals surface area contributed by atoms with E-state index in [1.165, 1.54) is 0 Å². The molecule has 0 bridgehead atoms. The van der Waals surface area contributed by atoms with Gasteiger partial charge in [-0.15, -0.1) is 0 Å². The fraction of sp³-hybridized carbons (Fsp3) is 0.211. The van der Waals surface area contributed by atoms with Crippen LogP contribution in [0.1, 0.15) is 21.5 Å². The SMILES string of the molecule is COc1cccc2c1C/C(=C\c1ccc(N(C)C)cc1)C2=O. The summed E-state index contributed by atoms with van der Waals surface area (Å²) in [4.78, 5) is 14.6. The van der Waals surface area contributed by atoms with Crippen LogP contribution in [0.2, 0.25) is 0 Å². The van der Waals surface area contributed by atoms with E-state index in [2.05, 4.69) is 17.0 Å². The molecule has 0 fully saturated rings. The first-order valence-corrected chi connectivity index (χ1v) is 7.28. The molecule has 0 atom stereocenters. The van der Waals surface area contributed by atoms with Crippen molar-refractivity contribution in [3.63, 3.8) is 0 Å². The van der Waals surface area contributed by atoms with Gasteiger partial charge in [-0.25, -0.2) is 0 Å². The summed E-state index contributed by atoms with van der Waals surface area (Å²) < 4.78 is 5.36. The lowest BCUT2D eigenvalue weighted by Crippen LogP contribution is -2.07. The number of ether oxygens (including phenoxy) is 1. The van der Waals surface area contributed by atoms with E-state index >= 15 is 0 Å². The number of nitrogens with zero attached hydrogens (tertiary/aromatic N) is 1. The van der Waals surface area contributed by atoms with Crippen molar-refractivity contribution in [1.29, 1.82) is 0 Å². The van der Waals surface area contributed by atoms with Crippen LogP contribution in [0.25, 0.3) is 6.08 Å². The van der Waals surface area contributed by atoms with E-state index < -0.39 is 0 Å². The van der Waals surface area contributed by atoms with Gasteiger partial charge in [0.2, 0.25) is 0 Å². The third kappa shape index (κ3) is 2.50. The Morgan fingerprint density at radius 3 is 2.45 bits per heavy atom. The summed E-state index contributed by atoms with van der Waals surface area (Å²) in [5.74, 6) is 0.891. The van der Waals surface area contributed by atoms with Crippen molar-refractivity contribution >= 4 is 17.5 Å². The monoisotopic (exact) mass is 293 g/mol. The van der Waals surface area contributed by atoms with E-state index in [-0.39, 0.29) is 5.78 Å². The highest BCUT2D eigenvalue weighted by Gasteiger charge is 2.27. The van der Waals surface area contributed by atoms with E-state index in [1.807, 2.05) is 50.5 Å². The smallest absolute Gasteiger partial charge is 0.189 e. The Kier molecular flexibility index (Phi) is 3.72. The van der Waals surface area contributed by atoms with Gasteiger partial charge in [0, 0.05) is 42.9 Å². The lowest BCUT2D eigenvalue weighted by Gasteiger charge is -2.11. The molecular formula is C19H19NO2. The zero-order valence-corrected chi connectivity index (χ0v) is 13.1. The van der Waals surface area contributed by atoms with Crippen LogP contribution in [0.15, 0.2) is 48.0 Å². The van der Waals surface area contributed by atoms with Crippen LogP contribution >= 0.6 is 0 Å². The lowest BCUT2D eigenvalue weighted by atomic mass is 10.1. The van der Waals surface area contributed by atoms with E-state index in [0.717, 1.165) is 33.7 Å². The van der Waals surface area contributed by atoms with Gasteiger partial charge < -0.3 is 9.64 Å². The number of carbonyl (C=O) groups excluding carboxylic acids is 1. The number of fused-ring (bicyclic) bond motifs is 1. The molecule has 0 aromatic heterocycles. The summed E-state index contributed by atoms with van der Waals surface area (Å²) in [7, 11) is 5.66. The molecule has 0 heterocycles. The molecule has 0 unspecified atom stereocenters. The number of anilines is 1. The quantitative estimate of drug-likeness (QED) is 0.810. The molecule has 0 amide bonds. The molecule has 2 aromatic carbocycles. The number of rotatable bonds is 3. The normalized spacial score (nSPS) is 15.0. The van der Waals surface area contributed by atoms with Gasteiger partial charge in [-0.05, 0) is 29.8 Å². The molecule has 3 rings (SSSR count). The minimum atomic E-state index is 0.102. The predicted octanol–water partition coefficient (Wildman–Crippen LogP) is 3.58. The van der Waals surface area contributed by atoms with Crippen LogP contribution in [-0.4, -0.2) is 27.0 Å². The predicted molar refractivity (Wildman–Crippen MR) is 89.8 cm³/mol. The van der Waals surface area contributed by atoms with Crippen LogP contribution in [0.5, 0.6) is 5.75 Å². The van der Waals surface area contributed by atoms with Gasteiger partial charge in [0.1, 0.15) is 5.75 Å². The molecule has 0 saturated carbocycles. The molecule has 112 valence electrons. The Hall–Kier alpha value is -2.55. The van der Waals surface area contributed by atoms with Crippen molar-refractivity contribution in [3.05, 3.63) is 64.7 Å². The van der Waals surface area contributed by atoms with Crippen LogP contribution < -0.4 is 9.64 Å². The fourth-order valence-electron chi connectivity index (χ4n) is 2.78. The zero-order chi connectivity index (χ0) is 15.7. The van der Waals surface area contributed by atoms with E-state index in [1.54, 1.807) is 7.11 Å². The standard InChI is InChI=1S/C19H19NO2/c1-20(2)15-9-7-13(8-10-15)11-14-12-17-16(19(14)21)5-4-6-18(17)22-3/h4-11H,12H2,1-3H3/b14-11+. The average Bonchev–Trinajstić information content (AvgIpc) is 2.84. The Labute approximate surface area is 130 Å². The Morgan fingerprint density at radius 2 is 1.82 bits per heavy atom. The van der Waals surface area contributed by atoms with E-state index in [4.69, 9.17) is 4.74 Å². The van der Waals surface area contributed by atoms with Crippen LogP contribution in [-0.2, 0) is 6.42 Å². The second-order valence-electron chi connectivity index (χ2n) is 5.65. The fourth-order valence-corrected chi connectivity index (χ4v) is 2.78. The first-order valence-electron chi connectivity index (χ1n) is 7.28. The Morgan fingerprint density at radius 1 is 1.09 bits per heavy atom. The van der Waals surface area contributed by atoms with Gasteiger partial charge in [0.05, 0.1) is 7.11 Å². The van der Waals surface area contributed by atoms with Gasteiger partial charge in [0.25, 0.3) is 0 Å². The summed E-state index contributed by atoms with van der Waals surface area (Å²) in [6.07, 6.45) is 2.61. The summed E-state index contributed by atoms with van der Waals surface area (Å²) in [5.41, 5.74) is 4.75. The Balaban J connectivity index is 1.92. The zero-order valence-electron chi connectivity index (χ0n) is 13.1. The van der Waals surface area contributed by atoms with Crippen molar-refractivity contribution in [3.8, 4) is 5.75 Å². The molecule has 0 radical (unpaired) electrons. The number of ketones is 1. The van der Waals surface area contributed by atoms with Crippen molar-refractivity contribution < 1.29 is 9.53 Å². The van der Waals surface area contributed by atoms with Crippen molar-refractivity contribution in [2.75, 3.05) is 26.1 Å². The van der Waals surface area contributed by atoms with Gasteiger partial charge in [-0.1, -0.05) is 24.3 Å². The number of carbonyl (C=O) groups is 1. The van der Waals surface area contributed by atoms with Crippen molar-refractivity contribution in [2.45, 2.75) is 6.42 Å².